The molecule has 0 radical (unpaired) electrons. The van der Waals surface area contributed by atoms with Crippen molar-refractivity contribution in [1.82, 2.24) is 5.32 Å². The zero-order chi connectivity index (χ0) is 13.8. The van der Waals surface area contributed by atoms with Crippen LogP contribution in [0.15, 0.2) is 42.5 Å². The molecule has 2 aromatic carbocycles. The number of hydrogen-bond donors (Lipinski definition) is 1. The molecule has 20 heavy (non-hydrogen) atoms. The van der Waals surface area contributed by atoms with Crippen molar-refractivity contribution in [2.45, 2.75) is 37.8 Å². The molecular formula is C18H23NO. The van der Waals surface area contributed by atoms with Gasteiger partial charge in [-0.3, -0.25) is 0 Å². The Hall–Kier alpha value is -1.38. The Morgan fingerprint density at radius 1 is 1.20 bits per heavy atom. The molecule has 0 amide bonds. The molecule has 0 aromatic heterocycles. The fourth-order valence-corrected chi connectivity index (χ4v) is 3.23. The van der Waals surface area contributed by atoms with Gasteiger partial charge in [0.15, 0.2) is 0 Å². The maximum atomic E-state index is 5.74. The lowest BCUT2D eigenvalue weighted by molar-refractivity contribution is 0.0999. The van der Waals surface area contributed by atoms with Crippen molar-refractivity contribution in [2.24, 2.45) is 0 Å². The van der Waals surface area contributed by atoms with Gasteiger partial charge in [-0.25, -0.2) is 0 Å². The van der Waals surface area contributed by atoms with Gasteiger partial charge in [0.25, 0.3) is 0 Å². The Kier molecular flexibility index (Phi) is 4.34. The molecule has 1 N–H and O–H groups in total. The largest absolute Gasteiger partial charge is 0.378 e. The molecule has 1 aliphatic heterocycles. The molecule has 0 saturated carbocycles. The highest BCUT2D eigenvalue weighted by atomic mass is 16.5. The molecule has 2 unspecified atom stereocenters. The second kappa shape index (κ2) is 6.38. The maximum Gasteiger partial charge on any atom is 0.0576 e. The van der Waals surface area contributed by atoms with Crippen LogP contribution >= 0.6 is 0 Å². The zero-order valence-electron chi connectivity index (χ0n) is 12.1. The van der Waals surface area contributed by atoms with Crippen LogP contribution in [0.1, 0.15) is 37.3 Å². The van der Waals surface area contributed by atoms with Crippen molar-refractivity contribution in [2.75, 3.05) is 13.7 Å². The average Bonchev–Trinajstić information content (AvgIpc) is 3.01. The number of ether oxygens (including phenoxy) is 1. The third kappa shape index (κ3) is 2.87. The van der Waals surface area contributed by atoms with E-state index in [1.807, 2.05) is 0 Å². The summed E-state index contributed by atoms with van der Waals surface area (Å²) in [4.78, 5) is 0. The van der Waals surface area contributed by atoms with E-state index in [2.05, 4.69) is 54.8 Å². The predicted octanol–water partition coefficient (Wildman–Crippen LogP) is 4.06. The summed E-state index contributed by atoms with van der Waals surface area (Å²) in [5.74, 6) is 0. The van der Waals surface area contributed by atoms with E-state index < -0.39 is 0 Å². The molecule has 2 nitrogen and oxygen atoms in total. The quantitative estimate of drug-likeness (QED) is 0.884. The van der Waals surface area contributed by atoms with Crippen LogP contribution in [0, 0.1) is 0 Å². The molecule has 1 aliphatic rings. The molecule has 1 saturated heterocycles. The van der Waals surface area contributed by atoms with Gasteiger partial charge in [-0.1, -0.05) is 42.5 Å². The minimum absolute atomic E-state index is 0.408. The van der Waals surface area contributed by atoms with E-state index in [0.29, 0.717) is 12.1 Å². The lowest BCUT2D eigenvalue weighted by Crippen LogP contribution is -2.19. The highest BCUT2D eigenvalue weighted by Gasteiger charge is 2.19. The van der Waals surface area contributed by atoms with Crippen molar-refractivity contribution < 1.29 is 4.74 Å². The van der Waals surface area contributed by atoms with Gasteiger partial charge in [0.05, 0.1) is 6.10 Å². The van der Waals surface area contributed by atoms with Crippen LogP contribution in [-0.4, -0.2) is 19.8 Å². The van der Waals surface area contributed by atoms with E-state index in [4.69, 9.17) is 4.74 Å². The third-order valence-electron chi connectivity index (χ3n) is 4.35. The number of benzene rings is 2. The molecule has 0 aliphatic carbocycles. The maximum absolute atomic E-state index is 5.74. The monoisotopic (exact) mass is 269 g/mol. The first kappa shape index (κ1) is 13.6. The molecule has 1 fully saturated rings. The van der Waals surface area contributed by atoms with Crippen molar-refractivity contribution >= 4 is 10.8 Å². The Morgan fingerprint density at radius 2 is 2.05 bits per heavy atom. The van der Waals surface area contributed by atoms with Gasteiger partial charge >= 0.3 is 0 Å². The summed E-state index contributed by atoms with van der Waals surface area (Å²) in [7, 11) is 2.06. The van der Waals surface area contributed by atoms with Crippen molar-refractivity contribution in [3.8, 4) is 0 Å². The highest BCUT2D eigenvalue weighted by Crippen LogP contribution is 2.28. The first-order chi connectivity index (χ1) is 9.88. The molecular weight excluding hydrogens is 246 g/mol. The van der Waals surface area contributed by atoms with Crippen molar-refractivity contribution in [3.63, 3.8) is 0 Å². The lowest BCUT2D eigenvalue weighted by atomic mass is 9.94. The van der Waals surface area contributed by atoms with E-state index in [9.17, 15) is 0 Å². The highest BCUT2D eigenvalue weighted by molar-refractivity contribution is 5.86. The summed E-state index contributed by atoms with van der Waals surface area (Å²) in [5, 5.41) is 6.16. The summed E-state index contributed by atoms with van der Waals surface area (Å²) >= 11 is 0. The van der Waals surface area contributed by atoms with Gasteiger partial charge < -0.3 is 10.1 Å². The number of rotatable bonds is 5. The van der Waals surface area contributed by atoms with E-state index in [-0.39, 0.29) is 0 Å². The van der Waals surface area contributed by atoms with Gasteiger partial charge in [-0.15, -0.1) is 0 Å². The van der Waals surface area contributed by atoms with Gasteiger partial charge in [-0.2, -0.15) is 0 Å². The fourth-order valence-electron chi connectivity index (χ4n) is 3.23. The Labute approximate surface area is 121 Å². The first-order valence-electron chi connectivity index (χ1n) is 7.65. The van der Waals surface area contributed by atoms with E-state index in [1.54, 1.807) is 0 Å². The summed E-state index contributed by atoms with van der Waals surface area (Å²) < 4.78 is 5.74. The van der Waals surface area contributed by atoms with E-state index in [0.717, 1.165) is 19.4 Å². The molecule has 0 spiro atoms. The summed E-state index contributed by atoms with van der Waals surface area (Å²) in [6.07, 6.45) is 5.21. The molecule has 2 aromatic rings. The lowest BCUT2D eigenvalue weighted by Gasteiger charge is -2.20. The summed E-state index contributed by atoms with van der Waals surface area (Å²) in [6.45, 7) is 0.948. The molecule has 2 heteroatoms. The van der Waals surface area contributed by atoms with Crippen molar-refractivity contribution in [1.29, 1.82) is 0 Å². The standard InChI is InChI=1S/C18H23NO/c1-19-18(12-11-15-8-5-13-20-15)17-10-4-7-14-6-2-3-9-16(14)17/h2-4,6-7,9-10,15,18-19H,5,8,11-13H2,1H3. The Balaban J connectivity index is 1.79. The second-order valence-corrected chi connectivity index (χ2v) is 5.62. The summed E-state index contributed by atoms with van der Waals surface area (Å²) in [5.41, 5.74) is 1.41. The van der Waals surface area contributed by atoms with Crippen LogP contribution in [0.2, 0.25) is 0 Å². The van der Waals surface area contributed by atoms with Gasteiger partial charge in [0.2, 0.25) is 0 Å². The Bertz CT molecular complexity index is 555. The molecule has 1 heterocycles. The van der Waals surface area contributed by atoms with Gasteiger partial charge in [0, 0.05) is 12.6 Å². The minimum Gasteiger partial charge on any atom is -0.378 e. The second-order valence-electron chi connectivity index (χ2n) is 5.62. The average molecular weight is 269 g/mol. The third-order valence-corrected chi connectivity index (χ3v) is 4.35. The topological polar surface area (TPSA) is 21.3 Å². The zero-order valence-corrected chi connectivity index (χ0v) is 12.1. The Morgan fingerprint density at radius 3 is 2.85 bits per heavy atom. The minimum atomic E-state index is 0.408. The predicted molar refractivity (Wildman–Crippen MR) is 84.0 cm³/mol. The van der Waals surface area contributed by atoms with Crippen LogP contribution in [-0.2, 0) is 4.74 Å². The number of hydrogen-bond acceptors (Lipinski definition) is 2. The smallest absolute Gasteiger partial charge is 0.0576 e. The van der Waals surface area contributed by atoms with Crippen LogP contribution in [0.4, 0.5) is 0 Å². The summed E-state index contributed by atoms with van der Waals surface area (Å²) in [6, 6.07) is 15.6. The van der Waals surface area contributed by atoms with E-state index in [1.165, 1.54) is 29.2 Å². The SMILES string of the molecule is CNC(CCC1CCCO1)c1cccc2ccccc12. The van der Waals surface area contributed by atoms with E-state index >= 15 is 0 Å². The van der Waals surface area contributed by atoms with Gasteiger partial charge in [-0.05, 0) is 49.1 Å². The van der Waals surface area contributed by atoms with Crippen molar-refractivity contribution in [3.05, 3.63) is 48.0 Å². The molecule has 2 atom stereocenters. The first-order valence-corrected chi connectivity index (χ1v) is 7.65. The van der Waals surface area contributed by atoms with Crippen LogP contribution in [0.3, 0.4) is 0 Å². The van der Waals surface area contributed by atoms with Crippen LogP contribution < -0.4 is 5.32 Å². The molecule has 0 bridgehead atoms. The molecule has 3 rings (SSSR count). The number of fused-ring (bicyclic) bond motifs is 1. The van der Waals surface area contributed by atoms with Crippen LogP contribution in [0.25, 0.3) is 10.8 Å². The number of nitrogens with one attached hydrogen (secondary N) is 1. The molecule has 106 valence electrons. The van der Waals surface area contributed by atoms with Crippen LogP contribution in [0.5, 0.6) is 0 Å². The van der Waals surface area contributed by atoms with Gasteiger partial charge in [0.1, 0.15) is 0 Å². The fraction of sp³-hybridized carbons (Fsp3) is 0.444. The normalized spacial score (nSPS) is 20.4.